The average Bonchev–Trinajstić information content (AvgIpc) is 3.02. The number of nitrogens with zero attached hydrogens (tertiary/aromatic N) is 3. The number of hydrogen-bond donors (Lipinski definition) is 0. The fraction of sp³-hybridized carbons (Fsp3) is 0.222. The summed E-state index contributed by atoms with van der Waals surface area (Å²) < 4.78 is 47.0. The first-order valence-electron chi connectivity index (χ1n) is 7.75. The van der Waals surface area contributed by atoms with E-state index in [1.54, 1.807) is 42.1 Å². The molecular weight excluding hydrogens is 331 g/mol. The van der Waals surface area contributed by atoms with Gasteiger partial charge in [0.25, 0.3) is 0 Å². The lowest BCUT2D eigenvalue weighted by atomic mass is 10.0. The molecule has 0 radical (unpaired) electrons. The molecule has 7 heteroatoms. The largest absolute Gasteiger partial charge is 0.492 e. The van der Waals surface area contributed by atoms with Gasteiger partial charge in [-0.15, -0.1) is 0 Å². The Labute approximate surface area is 142 Å². The van der Waals surface area contributed by atoms with Gasteiger partial charge in [0.2, 0.25) is 0 Å². The van der Waals surface area contributed by atoms with Crippen molar-refractivity contribution < 1.29 is 17.9 Å². The number of allylic oxidation sites excluding steroid dienone is 1. The van der Waals surface area contributed by atoms with E-state index in [1.165, 1.54) is 12.1 Å². The van der Waals surface area contributed by atoms with Gasteiger partial charge in [0.05, 0.1) is 17.9 Å². The van der Waals surface area contributed by atoms with E-state index in [0.29, 0.717) is 23.7 Å². The molecule has 0 amide bonds. The highest BCUT2D eigenvalue weighted by atomic mass is 19.4. The predicted molar refractivity (Wildman–Crippen MR) is 88.7 cm³/mol. The number of halogens is 3. The summed E-state index contributed by atoms with van der Waals surface area (Å²) >= 11 is 0. The summed E-state index contributed by atoms with van der Waals surface area (Å²) in [6.45, 7) is 4.11. The third-order valence-electron chi connectivity index (χ3n) is 3.69. The standard InChI is InChI=1S/C18H16F3N3O/c1-3-15(25-4-2)16-17-23-14(9-10-24(17)11-22-16)12-7-5-6-8-13(12)18(19,20)21/h3,5-11H,4H2,1-2H3. The summed E-state index contributed by atoms with van der Waals surface area (Å²) in [6, 6.07) is 6.93. The van der Waals surface area contributed by atoms with Crippen LogP contribution >= 0.6 is 0 Å². The lowest BCUT2D eigenvalue weighted by Gasteiger charge is -2.12. The molecular formula is C18H16F3N3O. The van der Waals surface area contributed by atoms with Gasteiger partial charge in [0.1, 0.15) is 17.8 Å². The van der Waals surface area contributed by atoms with Gasteiger partial charge >= 0.3 is 6.18 Å². The van der Waals surface area contributed by atoms with E-state index in [9.17, 15) is 13.2 Å². The number of benzene rings is 1. The lowest BCUT2D eigenvalue weighted by Crippen LogP contribution is -2.07. The molecule has 0 fully saturated rings. The van der Waals surface area contributed by atoms with Gasteiger partial charge in [-0.25, -0.2) is 9.97 Å². The van der Waals surface area contributed by atoms with Gasteiger partial charge < -0.3 is 4.74 Å². The quantitative estimate of drug-likeness (QED) is 0.636. The summed E-state index contributed by atoms with van der Waals surface area (Å²) in [7, 11) is 0. The first kappa shape index (κ1) is 17.0. The van der Waals surface area contributed by atoms with Crippen LogP contribution in [-0.4, -0.2) is 21.0 Å². The van der Waals surface area contributed by atoms with E-state index in [0.717, 1.165) is 6.07 Å². The molecule has 2 heterocycles. The van der Waals surface area contributed by atoms with E-state index in [-0.39, 0.29) is 11.3 Å². The van der Waals surface area contributed by atoms with Crippen molar-refractivity contribution in [3.05, 3.63) is 60.2 Å². The number of hydrogen-bond acceptors (Lipinski definition) is 3. The molecule has 0 aliphatic carbocycles. The van der Waals surface area contributed by atoms with Crippen molar-refractivity contribution in [1.82, 2.24) is 14.4 Å². The van der Waals surface area contributed by atoms with Crippen LogP contribution in [0.25, 0.3) is 22.7 Å². The zero-order chi connectivity index (χ0) is 18.0. The summed E-state index contributed by atoms with van der Waals surface area (Å²) in [5.74, 6) is 0.541. The van der Waals surface area contributed by atoms with Crippen molar-refractivity contribution in [2.75, 3.05) is 6.61 Å². The van der Waals surface area contributed by atoms with Gasteiger partial charge in [0.15, 0.2) is 5.65 Å². The zero-order valence-corrected chi connectivity index (χ0v) is 13.7. The van der Waals surface area contributed by atoms with Crippen molar-refractivity contribution in [2.24, 2.45) is 0 Å². The monoisotopic (exact) mass is 347 g/mol. The first-order valence-corrected chi connectivity index (χ1v) is 7.75. The van der Waals surface area contributed by atoms with Crippen LogP contribution < -0.4 is 0 Å². The Morgan fingerprint density at radius 3 is 2.68 bits per heavy atom. The third-order valence-corrected chi connectivity index (χ3v) is 3.69. The fourth-order valence-electron chi connectivity index (χ4n) is 2.60. The normalized spacial score (nSPS) is 12.6. The number of ether oxygens (including phenoxy) is 1. The molecule has 0 unspecified atom stereocenters. The van der Waals surface area contributed by atoms with Gasteiger partial charge in [-0.05, 0) is 32.1 Å². The average molecular weight is 347 g/mol. The lowest BCUT2D eigenvalue weighted by molar-refractivity contribution is -0.137. The Morgan fingerprint density at radius 1 is 1.24 bits per heavy atom. The molecule has 0 saturated heterocycles. The van der Waals surface area contributed by atoms with E-state index in [1.807, 2.05) is 6.92 Å². The molecule has 0 bridgehead atoms. The van der Waals surface area contributed by atoms with Crippen molar-refractivity contribution in [2.45, 2.75) is 20.0 Å². The highest BCUT2D eigenvalue weighted by Crippen LogP contribution is 2.36. The molecule has 25 heavy (non-hydrogen) atoms. The number of fused-ring (bicyclic) bond motifs is 1. The molecule has 2 aromatic heterocycles. The van der Waals surface area contributed by atoms with Crippen LogP contribution in [0.2, 0.25) is 0 Å². The second-order valence-corrected chi connectivity index (χ2v) is 5.27. The maximum atomic E-state index is 13.3. The maximum absolute atomic E-state index is 13.3. The molecule has 3 rings (SSSR count). The van der Waals surface area contributed by atoms with Crippen LogP contribution in [0.5, 0.6) is 0 Å². The molecule has 3 aromatic rings. The third kappa shape index (κ3) is 3.22. The number of alkyl halides is 3. The van der Waals surface area contributed by atoms with Crippen LogP contribution in [0, 0.1) is 0 Å². The number of aromatic nitrogens is 3. The summed E-state index contributed by atoms with van der Waals surface area (Å²) in [5, 5.41) is 0. The van der Waals surface area contributed by atoms with Crippen molar-refractivity contribution in [1.29, 1.82) is 0 Å². The Morgan fingerprint density at radius 2 is 2.00 bits per heavy atom. The first-order chi connectivity index (χ1) is 12.0. The topological polar surface area (TPSA) is 39.4 Å². The molecule has 0 aliphatic heterocycles. The molecule has 0 saturated carbocycles. The summed E-state index contributed by atoms with van der Waals surface area (Å²) in [4.78, 5) is 8.69. The van der Waals surface area contributed by atoms with Crippen LogP contribution in [0.15, 0.2) is 48.9 Å². The molecule has 0 aliphatic rings. The predicted octanol–water partition coefficient (Wildman–Crippen LogP) is 4.81. The van der Waals surface area contributed by atoms with Crippen LogP contribution in [0.4, 0.5) is 13.2 Å². The Bertz CT molecular complexity index is 929. The molecule has 0 N–H and O–H groups in total. The van der Waals surface area contributed by atoms with Crippen molar-refractivity contribution in [3.8, 4) is 11.3 Å². The van der Waals surface area contributed by atoms with E-state index >= 15 is 0 Å². The molecule has 0 spiro atoms. The molecule has 130 valence electrons. The highest BCUT2D eigenvalue weighted by molar-refractivity contribution is 5.72. The van der Waals surface area contributed by atoms with E-state index in [2.05, 4.69) is 9.97 Å². The van der Waals surface area contributed by atoms with Gasteiger partial charge in [-0.2, -0.15) is 13.2 Å². The SMILES string of the molecule is CC=C(OCC)c1ncn2ccc(-c3ccccc3C(F)(F)F)nc12. The van der Waals surface area contributed by atoms with Gasteiger partial charge in [-0.3, -0.25) is 4.40 Å². The zero-order valence-electron chi connectivity index (χ0n) is 13.7. The van der Waals surface area contributed by atoms with Crippen LogP contribution in [-0.2, 0) is 10.9 Å². The smallest absolute Gasteiger partial charge is 0.417 e. The second kappa shape index (κ2) is 6.58. The minimum atomic E-state index is -4.45. The minimum Gasteiger partial charge on any atom is -0.492 e. The van der Waals surface area contributed by atoms with Gasteiger partial charge in [-0.1, -0.05) is 18.2 Å². The van der Waals surface area contributed by atoms with Crippen molar-refractivity contribution in [3.63, 3.8) is 0 Å². The Kier molecular flexibility index (Phi) is 4.48. The fourth-order valence-corrected chi connectivity index (χ4v) is 2.60. The Hall–Kier alpha value is -2.83. The number of imidazole rings is 1. The minimum absolute atomic E-state index is 0.0306. The van der Waals surface area contributed by atoms with Gasteiger partial charge in [0, 0.05) is 11.8 Å². The maximum Gasteiger partial charge on any atom is 0.417 e. The summed E-state index contributed by atoms with van der Waals surface area (Å²) in [6.07, 6.45) is 0.497. The second-order valence-electron chi connectivity index (χ2n) is 5.27. The highest BCUT2D eigenvalue weighted by Gasteiger charge is 2.33. The Balaban J connectivity index is 2.17. The van der Waals surface area contributed by atoms with Crippen molar-refractivity contribution >= 4 is 11.4 Å². The molecule has 4 nitrogen and oxygen atoms in total. The van der Waals surface area contributed by atoms with E-state index in [4.69, 9.17) is 4.74 Å². The molecule has 0 atom stereocenters. The summed E-state index contributed by atoms with van der Waals surface area (Å²) in [5.41, 5.74) is 0.480. The van der Waals surface area contributed by atoms with Crippen LogP contribution in [0.1, 0.15) is 25.1 Å². The molecule has 1 aromatic carbocycles. The van der Waals surface area contributed by atoms with E-state index < -0.39 is 11.7 Å². The number of rotatable bonds is 4. The van der Waals surface area contributed by atoms with Crippen LogP contribution in [0.3, 0.4) is 0 Å².